The Kier molecular flexibility index (Phi) is 5.26. The number of thioether (sulfide) groups is 1. The second-order valence-electron chi connectivity index (χ2n) is 7.47. The van der Waals surface area contributed by atoms with Crippen LogP contribution in [0.25, 0.3) is 0 Å². The van der Waals surface area contributed by atoms with Crippen LogP contribution >= 0.6 is 11.8 Å². The molecule has 2 aliphatic rings. The molecule has 0 radical (unpaired) electrons. The van der Waals surface area contributed by atoms with Crippen LogP contribution in [0.5, 0.6) is 0 Å². The van der Waals surface area contributed by atoms with Gasteiger partial charge in [-0.25, -0.2) is 0 Å². The molecule has 27 heavy (non-hydrogen) atoms. The third kappa shape index (κ3) is 4.06. The second-order valence-corrected chi connectivity index (χ2v) is 8.53. The van der Waals surface area contributed by atoms with E-state index in [0.29, 0.717) is 0 Å². The number of carbonyl (C=O) groups excluding carboxylic acids is 1. The lowest BCUT2D eigenvalue weighted by Gasteiger charge is -2.30. The van der Waals surface area contributed by atoms with Crippen molar-refractivity contribution < 1.29 is 4.79 Å². The number of ketones is 1. The Morgan fingerprint density at radius 1 is 1.07 bits per heavy atom. The van der Waals surface area contributed by atoms with Crippen LogP contribution in [0.3, 0.4) is 0 Å². The largest absolute Gasteiger partial charge is 0.371 e. The monoisotopic (exact) mass is 378 g/mol. The molecule has 2 aromatic rings. The lowest BCUT2D eigenvalue weighted by Crippen LogP contribution is -2.29. The van der Waals surface area contributed by atoms with Crippen molar-refractivity contribution in [2.24, 2.45) is 0 Å². The number of anilines is 2. The quantitative estimate of drug-likeness (QED) is 0.653. The number of nitrogens with zero attached hydrogens (tertiary/aromatic N) is 2. The van der Waals surface area contributed by atoms with E-state index >= 15 is 0 Å². The van der Waals surface area contributed by atoms with Gasteiger partial charge in [-0.1, -0.05) is 41.6 Å². The molecule has 0 unspecified atom stereocenters. The summed E-state index contributed by atoms with van der Waals surface area (Å²) in [6.07, 6.45) is 5.64. The Morgan fingerprint density at radius 2 is 1.81 bits per heavy atom. The standard InChI is InChI=1S/C23H26N2OS/c1-17-6-8-19(9-7-17)16-25-21-15-20(24-12-4-3-5-13-24)10-11-22(21)27-23(25)14-18(2)26/h6-11,14-15H,3-5,12-13,16H2,1-2H3. The summed E-state index contributed by atoms with van der Waals surface area (Å²) in [7, 11) is 0. The van der Waals surface area contributed by atoms with Gasteiger partial charge in [-0.05, 0) is 56.9 Å². The minimum absolute atomic E-state index is 0.0930. The Hall–Kier alpha value is -2.20. The number of hydrogen-bond donors (Lipinski definition) is 0. The zero-order chi connectivity index (χ0) is 18.8. The molecule has 4 heteroatoms. The number of rotatable bonds is 4. The molecule has 0 atom stereocenters. The maximum Gasteiger partial charge on any atom is 0.155 e. The van der Waals surface area contributed by atoms with Crippen molar-refractivity contribution in [1.82, 2.24) is 0 Å². The molecule has 1 fully saturated rings. The molecule has 0 N–H and O–H groups in total. The summed E-state index contributed by atoms with van der Waals surface area (Å²) in [6.45, 7) is 6.79. The predicted octanol–water partition coefficient (Wildman–Crippen LogP) is 5.53. The highest BCUT2D eigenvalue weighted by molar-refractivity contribution is 8.03. The Balaban J connectivity index is 1.68. The van der Waals surface area contributed by atoms with Crippen LogP contribution < -0.4 is 9.80 Å². The predicted molar refractivity (Wildman–Crippen MR) is 114 cm³/mol. The van der Waals surface area contributed by atoms with Gasteiger partial charge >= 0.3 is 0 Å². The molecule has 0 bridgehead atoms. The summed E-state index contributed by atoms with van der Waals surface area (Å²) in [5.74, 6) is 0.0930. The highest BCUT2D eigenvalue weighted by atomic mass is 32.2. The van der Waals surface area contributed by atoms with Crippen molar-refractivity contribution in [1.29, 1.82) is 0 Å². The molecule has 140 valence electrons. The summed E-state index contributed by atoms with van der Waals surface area (Å²) in [4.78, 5) is 17.8. The maximum absolute atomic E-state index is 11.8. The van der Waals surface area contributed by atoms with E-state index in [0.717, 1.165) is 24.7 Å². The number of allylic oxidation sites excluding steroid dienone is 1. The minimum atomic E-state index is 0.0930. The van der Waals surface area contributed by atoms with Gasteiger partial charge in [0, 0.05) is 36.3 Å². The number of aryl methyl sites for hydroxylation is 1. The summed E-state index contributed by atoms with van der Waals surface area (Å²) in [6, 6.07) is 15.4. The zero-order valence-electron chi connectivity index (χ0n) is 16.1. The number of hydrogen-bond acceptors (Lipinski definition) is 4. The fourth-order valence-electron chi connectivity index (χ4n) is 3.76. The van der Waals surface area contributed by atoms with Gasteiger partial charge in [-0.15, -0.1) is 0 Å². The zero-order valence-corrected chi connectivity index (χ0v) is 16.9. The fraction of sp³-hybridized carbons (Fsp3) is 0.348. The molecule has 2 aromatic carbocycles. The maximum atomic E-state index is 11.8. The van der Waals surface area contributed by atoms with Gasteiger partial charge in [-0.2, -0.15) is 0 Å². The van der Waals surface area contributed by atoms with E-state index in [1.165, 1.54) is 46.7 Å². The first-order valence-electron chi connectivity index (χ1n) is 9.72. The third-order valence-electron chi connectivity index (χ3n) is 5.22. The number of fused-ring (bicyclic) bond motifs is 1. The average Bonchev–Trinajstić information content (AvgIpc) is 3.00. The van der Waals surface area contributed by atoms with E-state index in [1.807, 2.05) is 0 Å². The lowest BCUT2D eigenvalue weighted by molar-refractivity contribution is -0.112. The number of carbonyl (C=O) groups is 1. The van der Waals surface area contributed by atoms with Crippen molar-refractivity contribution in [3.63, 3.8) is 0 Å². The number of piperidine rings is 1. The molecule has 0 saturated carbocycles. The highest BCUT2D eigenvalue weighted by Crippen LogP contribution is 2.48. The van der Waals surface area contributed by atoms with Crippen LogP contribution in [0.1, 0.15) is 37.3 Å². The van der Waals surface area contributed by atoms with E-state index < -0.39 is 0 Å². The smallest absolute Gasteiger partial charge is 0.155 e. The third-order valence-corrected chi connectivity index (χ3v) is 6.34. The molecule has 0 aromatic heterocycles. The van der Waals surface area contributed by atoms with Crippen LogP contribution in [0.2, 0.25) is 0 Å². The summed E-state index contributed by atoms with van der Waals surface area (Å²) >= 11 is 1.70. The second kappa shape index (κ2) is 7.81. The van der Waals surface area contributed by atoms with Gasteiger partial charge < -0.3 is 9.80 Å². The summed E-state index contributed by atoms with van der Waals surface area (Å²) in [5.41, 5.74) is 5.04. The van der Waals surface area contributed by atoms with Gasteiger partial charge in [0.1, 0.15) is 0 Å². The van der Waals surface area contributed by atoms with Crippen molar-refractivity contribution in [2.45, 2.75) is 44.6 Å². The molecular weight excluding hydrogens is 352 g/mol. The molecule has 2 heterocycles. The minimum Gasteiger partial charge on any atom is -0.371 e. The Morgan fingerprint density at radius 3 is 2.52 bits per heavy atom. The van der Waals surface area contributed by atoms with Crippen molar-refractivity contribution in [3.05, 3.63) is 64.7 Å². The van der Waals surface area contributed by atoms with Crippen molar-refractivity contribution in [3.8, 4) is 0 Å². The normalized spacial score (nSPS) is 18.1. The summed E-state index contributed by atoms with van der Waals surface area (Å²) in [5, 5.41) is 1.02. The van der Waals surface area contributed by atoms with Crippen LogP contribution in [0.4, 0.5) is 11.4 Å². The fourth-order valence-corrected chi connectivity index (χ4v) is 4.89. The molecule has 0 aliphatic carbocycles. The van der Waals surface area contributed by atoms with Gasteiger partial charge in [0.15, 0.2) is 5.78 Å². The molecule has 0 amide bonds. The van der Waals surface area contributed by atoms with Gasteiger partial charge in [0.2, 0.25) is 0 Å². The molecule has 0 spiro atoms. The lowest BCUT2D eigenvalue weighted by atomic mass is 10.1. The Bertz CT molecular complexity index is 866. The molecular formula is C23H26N2OS. The molecule has 4 rings (SSSR count). The highest BCUT2D eigenvalue weighted by Gasteiger charge is 2.27. The van der Waals surface area contributed by atoms with Gasteiger partial charge in [-0.3, -0.25) is 4.79 Å². The van der Waals surface area contributed by atoms with Crippen LogP contribution in [-0.2, 0) is 11.3 Å². The van der Waals surface area contributed by atoms with E-state index in [9.17, 15) is 4.79 Å². The molecule has 2 aliphatic heterocycles. The van der Waals surface area contributed by atoms with Crippen molar-refractivity contribution in [2.75, 3.05) is 22.9 Å². The average molecular weight is 379 g/mol. The van der Waals surface area contributed by atoms with E-state index in [2.05, 4.69) is 59.2 Å². The van der Waals surface area contributed by atoms with E-state index in [1.54, 1.807) is 24.8 Å². The van der Waals surface area contributed by atoms with Gasteiger partial charge in [0.25, 0.3) is 0 Å². The SMILES string of the molecule is CC(=O)C=C1Sc2ccc(N3CCCCC3)cc2N1Cc1ccc(C)cc1. The number of benzene rings is 2. The van der Waals surface area contributed by atoms with Gasteiger partial charge in [0.05, 0.1) is 10.7 Å². The van der Waals surface area contributed by atoms with E-state index in [4.69, 9.17) is 0 Å². The van der Waals surface area contributed by atoms with Crippen LogP contribution in [-0.4, -0.2) is 18.9 Å². The van der Waals surface area contributed by atoms with Crippen LogP contribution in [0, 0.1) is 6.92 Å². The molecule has 3 nitrogen and oxygen atoms in total. The Labute approximate surface area is 166 Å². The van der Waals surface area contributed by atoms with E-state index in [-0.39, 0.29) is 5.78 Å². The first-order valence-corrected chi connectivity index (χ1v) is 10.5. The topological polar surface area (TPSA) is 23.6 Å². The summed E-state index contributed by atoms with van der Waals surface area (Å²) < 4.78 is 0. The first-order chi connectivity index (χ1) is 13.1. The molecule has 1 saturated heterocycles. The van der Waals surface area contributed by atoms with Crippen molar-refractivity contribution >= 4 is 28.9 Å². The first kappa shape index (κ1) is 18.2. The van der Waals surface area contributed by atoms with Crippen LogP contribution in [0.15, 0.2) is 58.5 Å².